The number of nitrogens with one attached hydrogen (secondary N) is 1. The maximum absolute atomic E-state index is 12.2. The fraction of sp³-hybridized carbons (Fsp3) is 0.867. The van der Waals surface area contributed by atoms with E-state index in [0.717, 1.165) is 51.5 Å². The summed E-state index contributed by atoms with van der Waals surface area (Å²) in [5, 5.41) is 21.4. The van der Waals surface area contributed by atoms with Crippen LogP contribution >= 0.6 is 0 Å². The number of aliphatic hydroxyl groups excluding tert-OH is 1. The first-order chi connectivity index (χ1) is 9.69. The van der Waals surface area contributed by atoms with Crippen molar-refractivity contribution in [2.24, 2.45) is 0 Å². The minimum atomic E-state index is -0.626. The molecule has 5 heteroatoms. The molecule has 1 aliphatic carbocycles. The number of amides is 1. The summed E-state index contributed by atoms with van der Waals surface area (Å²) in [5.74, 6) is -0.0433. The van der Waals surface area contributed by atoms with Crippen LogP contribution in [-0.2, 0) is 4.79 Å². The number of carbonyl (C=O) groups excluding carboxylic acids is 1. The standard InChI is InChI=1S/C15H25N3O2/c16-12-15(7-2-3-8-15)17-14(20)11-18-9-4-1-5-13(18)6-10-19/h13,19H,1-11H2,(H,17,20). The number of hydrogen-bond donors (Lipinski definition) is 2. The Morgan fingerprint density at radius 3 is 2.75 bits per heavy atom. The van der Waals surface area contributed by atoms with Gasteiger partial charge in [-0.2, -0.15) is 5.26 Å². The highest BCUT2D eigenvalue weighted by molar-refractivity contribution is 5.79. The maximum Gasteiger partial charge on any atom is 0.235 e. The molecule has 2 rings (SSSR count). The van der Waals surface area contributed by atoms with Crippen molar-refractivity contribution >= 4 is 5.91 Å². The van der Waals surface area contributed by atoms with Gasteiger partial charge in [0.25, 0.3) is 0 Å². The normalized spacial score (nSPS) is 26.1. The molecule has 1 heterocycles. The van der Waals surface area contributed by atoms with Gasteiger partial charge in [0, 0.05) is 12.6 Å². The average molecular weight is 279 g/mol. The SMILES string of the molecule is N#CC1(NC(=O)CN2CCCCC2CCO)CCCC1. The highest BCUT2D eigenvalue weighted by Gasteiger charge is 2.36. The van der Waals surface area contributed by atoms with Gasteiger partial charge in [-0.15, -0.1) is 0 Å². The van der Waals surface area contributed by atoms with Gasteiger partial charge in [-0.3, -0.25) is 9.69 Å². The van der Waals surface area contributed by atoms with Crippen LogP contribution in [0.3, 0.4) is 0 Å². The summed E-state index contributed by atoms with van der Waals surface area (Å²) < 4.78 is 0. The van der Waals surface area contributed by atoms with Crippen molar-refractivity contribution in [3.8, 4) is 6.07 Å². The lowest BCUT2D eigenvalue weighted by molar-refractivity contribution is -0.124. The van der Waals surface area contributed by atoms with E-state index in [1.807, 2.05) is 0 Å². The number of aliphatic hydroxyl groups is 1. The molecular weight excluding hydrogens is 254 g/mol. The van der Waals surface area contributed by atoms with E-state index in [1.165, 1.54) is 6.42 Å². The minimum Gasteiger partial charge on any atom is -0.396 e. The van der Waals surface area contributed by atoms with Gasteiger partial charge in [0.2, 0.25) is 5.91 Å². The van der Waals surface area contributed by atoms with Crippen molar-refractivity contribution in [3.05, 3.63) is 0 Å². The second kappa shape index (κ2) is 7.05. The van der Waals surface area contributed by atoms with Crippen LogP contribution in [0.25, 0.3) is 0 Å². The summed E-state index contributed by atoms with van der Waals surface area (Å²) in [6, 6.07) is 2.60. The Bertz CT molecular complexity index is 370. The Morgan fingerprint density at radius 1 is 1.35 bits per heavy atom. The molecule has 0 aromatic heterocycles. The third kappa shape index (κ3) is 3.71. The zero-order chi connectivity index (χ0) is 14.4. The highest BCUT2D eigenvalue weighted by Crippen LogP contribution is 2.29. The van der Waals surface area contributed by atoms with Crippen LogP contribution in [0.2, 0.25) is 0 Å². The first-order valence-electron chi connectivity index (χ1n) is 7.76. The minimum absolute atomic E-state index is 0.0433. The van der Waals surface area contributed by atoms with Crippen molar-refractivity contribution in [1.82, 2.24) is 10.2 Å². The number of hydrogen-bond acceptors (Lipinski definition) is 4. The van der Waals surface area contributed by atoms with Gasteiger partial charge in [-0.05, 0) is 51.5 Å². The molecule has 1 unspecified atom stereocenters. The maximum atomic E-state index is 12.2. The second-order valence-electron chi connectivity index (χ2n) is 6.08. The predicted molar refractivity (Wildman–Crippen MR) is 75.9 cm³/mol. The van der Waals surface area contributed by atoms with E-state index in [2.05, 4.69) is 16.3 Å². The van der Waals surface area contributed by atoms with Gasteiger partial charge in [0.1, 0.15) is 5.54 Å². The van der Waals surface area contributed by atoms with Crippen molar-refractivity contribution < 1.29 is 9.90 Å². The predicted octanol–water partition coefficient (Wildman–Crippen LogP) is 1.18. The molecule has 112 valence electrons. The lowest BCUT2D eigenvalue weighted by Crippen LogP contribution is -2.51. The van der Waals surface area contributed by atoms with Crippen LogP contribution in [0.4, 0.5) is 0 Å². The molecule has 0 bridgehead atoms. The van der Waals surface area contributed by atoms with Crippen LogP contribution in [0.1, 0.15) is 51.4 Å². The monoisotopic (exact) mass is 279 g/mol. The van der Waals surface area contributed by atoms with Crippen LogP contribution in [0, 0.1) is 11.3 Å². The van der Waals surface area contributed by atoms with E-state index in [9.17, 15) is 10.1 Å². The largest absolute Gasteiger partial charge is 0.396 e. The van der Waals surface area contributed by atoms with E-state index in [1.54, 1.807) is 0 Å². The van der Waals surface area contributed by atoms with Crippen LogP contribution in [-0.4, -0.2) is 47.2 Å². The Morgan fingerprint density at radius 2 is 2.10 bits per heavy atom. The molecule has 0 aromatic rings. The fourth-order valence-electron chi connectivity index (χ4n) is 3.48. The molecule has 2 N–H and O–H groups in total. The quantitative estimate of drug-likeness (QED) is 0.792. The lowest BCUT2D eigenvalue weighted by Gasteiger charge is -2.35. The summed E-state index contributed by atoms with van der Waals surface area (Å²) in [7, 11) is 0. The Hall–Kier alpha value is -1.12. The first kappa shape index (κ1) is 15.3. The molecule has 2 fully saturated rings. The molecule has 5 nitrogen and oxygen atoms in total. The number of rotatable bonds is 5. The highest BCUT2D eigenvalue weighted by atomic mass is 16.3. The van der Waals surface area contributed by atoms with Crippen molar-refractivity contribution in [2.75, 3.05) is 19.7 Å². The van der Waals surface area contributed by atoms with Gasteiger partial charge < -0.3 is 10.4 Å². The molecule has 1 amide bonds. The van der Waals surface area contributed by atoms with Crippen LogP contribution < -0.4 is 5.32 Å². The van der Waals surface area contributed by atoms with Gasteiger partial charge in [0.15, 0.2) is 0 Å². The second-order valence-corrected chi connectivity index (χ2v) is 6.08. The van der Waals surface area contributed by atoms with Crippen LogP contribution in [0.15, 0.2) is 0 Å². The van der Waals surface area contributed by atoms with Gasteiger partial charge >= 0.3 is 0 Å². The molecule has 1 aliphatic heterocycles. The number of likely N-dealkylation sites (tertiary alicyclic amines) is 1. The Balaban J connectivity index is 1.88. The van der Waals surface area contributed by atoms with E-state index >= 15 is 0 Å². The molecule has 20 heavy (non-hydrogen) atoms. The molecular formula is C15H25N3O2. The number of nitrogens with zero attached hydrogens (tertiary/aromatic N) is 2. The average Bonchev–Trinajstić information content (AvgIpc) is 2.90. The number of carbonyl (C=O) groups is 1. The van der Waals surface area contributed by atoms with Gasteiger partial charge in [-0.25, -0.2) is 0 Å². The van der Waals surface area contributed by atoms with Crippen molar-refractivity contribution in [2.45, 2.75) is 62.9 Å². The van der Waals surface area contributed by atoms with Crippen molar-refractivity contribution in [3.63, 3.8) is 0 Å². The molecule has 0 aromatic carbocycles. The molecule has 0 spiro atoms. The zero-order valence-corrected chi connectivity index (χ0v) is 12.1. The van der Waals surface area contributed by atoms with Gasteiger partial charge in [-0.1, -0.05) is 6.42 Å². The topological polar surface area (TPSA) is 76.4 Å². The van der Waals surface area contributed by atoms with Crippen molar-refractivity contribution in [1.29, 1.82) is 5.26 Å². The summed E-state index contributed by atoms with van der Waals surface area (Å²) in [6.07, 6.45) is 7.65. The third-order valence-corrected chi connectivity index (χ3v) is 4.61. The summed E-state index contributed by atoms with van der Waals surface area (Å²) in [6.45, 7) is 1.44. The molecule has 1 saturated carbocycles. The van der Waals surface area contributed by atoms with Crippen LogP contribution in [0.5, 0.6) is 0 Å². The fourth-order valence-corrected chi connectivity index (χ4v) is 3.48. The Kier molecular flexibility index (Phi) is 5.38. The molecule has 1 atom stereocenters. The third-order valence-electron chi connectivity index (χ3n) is 4.61. The van der Waals surface area contributed by atoms with E-state index in [4.69, 9.17) is 5.11 Å². The molecule has 0 radical (unpaired) electrons. The molecule has 1 saturated heterocycles. The Labute approximate surface area is 120 Å². The van der Waals surface area contributed by atoms with E-state index < -0.39 is 5.54 Å². The zero-order valence-electron chi connectivity index (χ0n) is 12.1. The first-order valence-corrected chi connectivity index (χ1v) is 7.76. The summed E-state index contributed by atoms with van der Waals surface area (Å²) in [5.41, 5.74) is -0.626. The number of piperidine rings is 1. The summed E-state index contributed by atoms with van der Waals surface area (Å²) >= 11 is 0. The smallest absolute Gasteiger partial charge is 0.235 e. The molecule has 2 aliphatic rings. The van der Waals surface area contributed by atoms with E-state index in [-0.39, 0.29) is 12.5 Å². The summed E-state index contributed by atoms with van der Waals surface area (Å²) in [4.78, 5) is 14.4. The number of nitriles is 1. The van der Waals surface area contributed by atoms with Gasteiger partial charge in [0.05, 0.1) is 12.6 Å². The lowest BCUT2D eigenvalue weighted by atomic mass is 9.98. The van der Waals surface area contributed by atoms with E-state index in [0.29, 0.717) is 12.6 Å².